The van der Waals surface area contributed by atoms with Crippen molar-refractivity contribution in [2.45, 2.75) is 0 Å². The highest BCUT2D eigenvalue weighted by Gasteiger charge is 2.17. The van der Waals surface area contributed by atoms with E-state index in [-0.39, 0.29) is 10.6 Å². The fourth-order valence-corrected chi connectivity index (χ4v) is 0.796. The Morgan fingerprint density at radius 2 is 2.50 bits per heavy atom. The molecule has 12 heavy (non-hydrogen) atoms. The Labute approximate surface area is 78.3 Å². The normalized spacial score (nSPS) is 14.4. The van der Waals surface area contributed by atoms with Crippen molar-refractivity contribution in [3.8, 4) is 6.01 Å². The Bertz CT molecular complexity index is 362. The van der Waals surface area contributed by atoms with Crippen molar-refractivity contribution in [2.75, 3.05) is 7.04 Å². The molecule has 0 saturated heterocycles. The smallest absolute Gasteiger partial charge is 0.467 e. The lowest BCUT2D eigenvalue weighted by Crippen LogP contribution is -2.31. The van der Waals surface area contributed by atoms with Crippen molar-refractivity contribution in [3.05, 3.63) is 11.3 Å². The van der Waals surface area contributed by atoms with Crippen LogP contribution in [0.1, 0.15) is 4.11 Å². The van der Waals surface area contributed by atoms with Crippen LogP contribution >= 0.6 is 11.6 Å². The molecule has 0 spiro atoms. The number of aromatic nitrogens is 2. The highest BCUT2D eigenvalue weighted by Crippen LogP contribution is 2.05. The molecular formula is C5H6BClN2O3. The van der Waals surface area contributed by atoms with E-state index in [4.69, 9.17) is 25.8 Å². The molecule has 5 nitrogen and oxygen atoms in total. The zero-order valence-corrected chi connectivity index (χ0v) is 6.49. The van der Waals surface area contributed by atoms with Crippen molar-refractivity contribution in [3.63, 3.8) is 0 Å². The van der Waals surface area contributed by atoms with Crippen LogP contribution in [-0.2, 0) is 0 Å². The molecule has 0 saturated carbocycles. The molecule has 0 aliphatic carbocycles. The Hall–Kier alpha value is -0.845. The minimum Gasteiger partial charge on any atom is -0.467 e. The largest absolute Gasteiger partial charge is 0.493 e. The van der Waals surface area contributed by atoms with Crippen LogP contribution in [0.15, 0.2) is 6.20 Å². The molecule has 0 aliphatic heterocycles. The lowest BCUT2D eigenvalue weighted by molar-refractivity contribution is 0.379. The van der Waals surface area contributed by atoms with Crippen molar-refractivity contribution < 1.29 is 18.9 Å². The SMILES string of the molecule is [2H]C([2H])([2H])Oc1ncc(B(O)O)c(Cl)n1. The highest BCUT2D eigenvalue weighted by molar-refractivity contribution is 6.62. The summed E-state index contributed by atoms with van der Waals surface area (Å²) in [6.45, 7) is 0. The van der Waals surface area contributed by atoms with E-state index in [1.807, 2.05) is 0 Å². The van der Waals surface area contributed by atoms with Crippen LogP contribution in [0.3, 0.4) is 0 Å². The van der Waals surface area contributed by atoms with Gasteiger partial charge in [0.25, 0.3) is 0 Å². The van der Waals surface area contributed by atoms with Gasteiger partial charge in [-0.15, -0.1) is 0 Å². The van der Waals surface area contributed by atoms with Gasteiger partial charge in [0.2, 0.25) is 0 Å². The third-order valence-corrected chi connectivity index (χ3v) is 1.42. The Morgan fingerprint density at radius 3 is 3.00 bits per heavy atom. The minimum atomic E-state index is -2.68. The number of hydrogen-bond donors (Lipinski definition) is 2. The molecule has 1 aromatic rings. The first kappa shape index (κ1) is 5.74. The van der Waals surface area contributed by atoms with Gasteiger partial charge < -0.3 is 14.8 Å². The Balaban J connectivity index is 2.92. The molecule has 64 valence electrons. The topological polar surface area (TPSA) is 75.5 Å². The van der Waals surface area contributed by atoms with Crippen LogP contribution in [0, 0.1) is 0 Å². The number of methoxy groups -OCH3 is 1. The van der Waals surface area contributed by atoms with Gasteiger partial charge in [0, 0.05) is 11.7 Å². The predicted molar refractivity (Wildman–Crippen MR) is 43.4 cm³/mol. The molecule has 0 fully saturated rings. The second-order valence-electron chi connectivity index (χ2n) is 1.87. The number of nitrogens with zero attached hydrogens (tertiary/aromatic N) is 2. The molecule has 1 heterocycles. The van der Waals surface area contributed by atoms with Crippen LogP contribution in [0.5, 0.6) is 6.01 Å². The van der Waals surface area contributed by atoms with Crippen molar-refractivity contribution >= 4 is 24.2 Å². The molecule has 2 N–H and O–H groups in total. The van der Waals surface area contributed by atoms with E-state index < -0.39 is 20.2 Å². The van der Waals surface area contributed by atoms with Crippen molar-refractivity contribution in [2.24, 2.45) is 0 Å². The van der Waals surface area contributed by atoms with E-state index in [1.165, 1.54) is 0 Å². The van der Waals surface area contributed by atoms with Gasteiger partial charge in [-0.25, -0.2) is 4.98 Å². The first-order chi connectivity index (χ1) is 6.79. The number of ether oxygens (including phenoxy) is 1. The summed E-state index contributed by atoms with van der Waals surface area (Å²) in [4.78, 5) is 6.88. The second-order valence-corrected chi connectivity index (χ2v) is 2.23. The zero-order chi connectivity index (χ0) is 11.6. The van der Waals surface area contributed by atoms with Gasteiger partial charge in [-0.3, -0.25) is 0 Å². The summed E-state index contributed by atoms with van der Waals surface area (Å²) in [6.07, 6.45) is 0.973. The third-order valence-electron chi connectivity index (χ3n) is 1.12. The average Bonchev–Trinajstić information content (AvgIpc) is 1.99. The van der Waals surface area contributed by atoms with E-state index in [1.54, 1.807) is 0 Å². The summed E-state index contributed by atoms with van der Waals surface area (Å²) in [5.41, 5.74) is -0.130. The predicted octanol–water partition coefficient (Wildman–Crippen LogP) is -1.18. The van der Waals surface area contributed by atoms with Gasteiger partial charge >= 0.3 is 13.1 Å². The van der Waals surface area contributed by atoms with Crippen LogP contribution in [-0.4, -0.2) is 34.2 Å². The molecule has 0 unspecified atom stereocenters. The molecule has 0 aliphatic rings. The molecular weight excluding hydrogens is 182 g/mol. The van der Waals surface area contributed by atoms with E-state index in [9.17, 15) is 0 Å². The number of hydrogen-bond acceptors (Lipinski definition) is 5. The fraction of sp³-hybridized carbons (Fsp3) is 0.200. The third kappa shape index (κ3) is 1.85. The molecule has 0 atom stereocenters. The van der Waals surface area contributed by atoms with Gasteiger partial charge in [0.1, 0.15) is 5.15 Å². The van der Waals surface area contributed by atoms with Gasteiger partial charge in [-0.05, 0) is 0 Å². The molecule has 0 radical (unpaired) electrons. The van der Waals surface area contributed by atoms with Gasteiger partial charge in [-0.2, -0.15) is 4.98 Å². The van der Waals surface area contributed by atoms with Crippen LogP contribution in [0.25, 0.3) is 0 Å². The molecule has 7 heteroatoms. The number of rotatable bonds is 2. The summed E-state index contributed by atoms with van der Waals surface area (Å²) in [7, 11) is -4.50. The maximum Gasteiger partial charge on any atom is 0.493 e. The zero-order valence-electron chi connectivity index (χ0n) is 8.73. The van der Waals surface area contributed by atoms with Crippen LogP contribution in [0.2, 0.25) is 5.15 Å². The monoisotopic (exact) mass is 191 g/mol. The lowest BCUT2D eigenvalue weighted by atomic mass is 9.83. The summed E-state index contributed by atoms with van der Waals surface area (Å²) >= 11 is 5.52. The molecule has 1 rings (SSSR count). The lowest BCUT2D eigenvalue weighted by Gasteiger charge is -2.02. The average molecular weight is 191 g/mol. The van der Waals surface area contributed by atoms with Crippen molar-refractivity contribution in [1.29, 1.82) is 0 Å². The molecule has 0 amide bonds. The Morgan fingerprint density at radius 1 is 1.75 bits per heavy atom. The first-order valence-corrected chi connectivity index (χ1v) is 3.25. The van der Waals surface area contributed by atoms with Gasteiger partial charge in [-0.1, -0.05) is 11.6 Å². The summed E-state index contributed by atoms with van der Waals surface area (Å²) in [5.74, 6) is 0. The van der Waals surface area contributed by atoms with E-state index in [0.29, 0.717) is 0 Å². The van der Waals surface area contributed by atoms with Crippen LogP contribution < -0.4 is 10.2 Å². The van der Waals surface area contributed by atoms with E-state index in [0.717, 1.165) is 6.20 Å². The molecule has 0 bridgehead atoms. The van der Waals surface area contributed by atoms with Crippen LogP contribution in [0.4, 0.5) is 0 Å². The standard InChI is InChI=1S/C5H6BClN2O3/c1-12-5-8-2-3(6(10)11)4(7)9-5/h2,10-11H,1H3/i1D3. The Kier molecular flexibility index (Phi) is 1.77. The van der Waals surface area contributed by atoms with Gasteiger partial charge in [0.05, 0.1) is 11.2 Å². The van der Waals surface area contributed by atoms with Crippen molar-refractivity contribution in [1.82, 2.24) is 9.97 Å². The van der Waals surface area contributed by atoms with E-state index >= 15 is 0 Å². The maximum atomic E-state index is 8.77. The summed E-state index contributed by atoms with van der Waals surface area (Å²) in [6, 6.07) is -0.454. The second kappa shape index (κ2) is 3.71. The maximum absolute atomic E-state index is 8.77. The number of halogens is 1. The molecule has 1 aromatic heterocycles. The first-order valence-electron chi connectivity index (χ1n) is 4.37. The molecule has 0 aromatic carbocycles. The quantitative estimate of drug-likeness (QED) is 0.454. The fourth-order valence-electron chi connectivity index (χ4n) is 0.578. The summed E-state index contributed by atoms with van der Waals surface area (Å²) < 4.78 is 24.6. The van der Waals surface area contributed by atoms with Gasteiger partial charge in [0.15, 0.2) is 0 Å². The highest BCUT2D eigenvalue weighted by atomic mass is 35.5. The summed E-state index contributed by atoms with van der Waals surface area (Å²) in [5, 5.41) is 17.3. The minimum absolute atomic E-state index is 0.130. The van der Waals surface area contributed by atoms with E-state index in [2.05, 4.69) is 14.7 Å².